The molecule has 3 rings (SSSR count). The summed E-state index contributed by atoms with van der Waals surface area (Å²) in [4.78, 5) is 14.8. The van der Waals surface area contributed by atoms with E-state index in [1.54, 1.807) is 18.7 Å². The Labute approximate surface area is 170 Å². The minimum atomic E-state index is -0.756. The van der Waals surface area contributed by atoms with E-state index < -0.39 is 5.60 Å². The van der Waals surface area contributed by atoms with Gasteiger partial charge in [-0.2, -0.15) is 0 Å². The largest absolute Gasteiger partial charge is 0.507 e. The molecule has 1 heterocycles. The van der Waals surface area contributed by atoms with Crippen molar-refractivity contribution in [1.29, 1.82) is 0 Å². The summed E-state index contributed by atoms with van der Waals surface area (Å²) in [6.07, 6.45) is 1.72. The Morgan fingerprint density at radius 1 is 1.21 bits per heavy atom. The van der Waals surface area contributed by atoms with Crippen LogP contribution in [-0.4, -0.2) is 44.8 Å². The molecule has 0 aromatic heterocycles. The molecular formula is C22H29N3O4. The Balaban J connectivity index is 1.72. The van der Waals surface area contributed by atoms with Crippen LogP contribution in [-0.2, 0) is 6.54 Å². The van der Waals surface area contributed by atoms with Gasteiger partial charge in [-0.3, -0.25) is 4.79 Å². The van der Waals surface area contributed by atoms with Crippen LogP contribution in [0.3, 0.4) is 0 Å². The molecule has 7 heteroatoms. The van der Waals surface area contributed by atoms with Gasteiger partial charge in [-0.1, -0.05) is 24.3 Å². The molecule has 29 heavy (non-hydrogen) atoms. The zero-order valence-electron chi connectivity index (χ0n) is 16.9. The SMILES string of the molecule is CC(C)(O)CNCc1ccc(C2CCCN2C(=O)c2cc(N)c(O)cc2O)cc1. The number of aromatic hydroxyl groups is 2. The second kappa shape index (κ2) is 8.31. The molecule has 0 radical (unpaired) electrons. The number of carbonyl (C=O) groups excluding carboxylic acids is 1. The number of nitrogens with two attached hydrogens (primary N) is 1. The van der Waals surface area contributed by atoms with E-state index in [-0.39, 0.29) is 34.7 Å². The number of aliphatic hydroxyl groups is 1. The van der Waals surface area contributed by atoms with Crippen molar-refractivity contribution in [2.45, 2.75) is 44.9 Å². The number of likely N-dealkylation sites (tertiary alicyclic amines) is 1. The van der Waals surface area contributed by atoms with Gasteiger partial charge in [-0.25, -0.2) is 0 Å². The lowest BCUT2D eigenvalue weighted by Gasteiger charge is -2.26. The molecule has 1 amide bonds. The van der Waals surface area contributed by atoms with Crippen molar-refractivity contribution >= 4 is 11.6 Å². The third-order valence-corrected chi connectivity index (χ3v) is 5.14. The highest BCUT2D eigenvalue weighted by atomic mass is 16.3. The number of phenolic OH excluding ortho intramolecular Hbond substituents is 2. The highest BCUT2D eigenvalue weighted by Crippen LogP contribution is 2.36. The maximum Gasteiger partial charge on any atom is 0.258 e. The number of phenols is 2. The molecule has 0 aliphatic carbocycles. The number of benzene rings is 2. The van der Waals surface area contributed by atoms with Gasteiger partial charge in [0, 0.05) is 25.7 Å². The smallest absolute Gasteiger partial charge is 0.258 e. The van der Waals surface area contributed by atoms with Gasteiger partial charge in [0.05, 0.1) is 22.9 Å². The summed E-state index contributed by atoms with van der Waals surface area (Å²) < 4.78 is 0. The van der Waals surface area contributed by atoms with Gasteiger partial charge in [-0.15, -0.1) is 0 Å². The molecule has 0 saturated carbocycles. The van der Waals surface area contributed by atoms with E-state index in [0.29, 0.717) is 19.6 Å². The lowest BCUT2D eigenvalue weighted by atomic mass is 10.0. The van der Waals surface area contributed by atoms with Crippen molar-refractivity contribution in [2.24, 2.45) is 0 Å². The normalized spacial score (nSPS) is 16.9. The molecule has 1 aliphatic heterocycles. The third-order valence-electron chi connectivity index (χ3n) is 5.14. The molecule has 0 bridgehead atoms. The molecule has 1 aliphatic rings. The van der Waals surface area contributed by atoms with E-state index in [0.717, 1.165) is 30.0 Å². The summed E-state index contributed by atoms with van der Waals surface area (Å²) in [5.74, 6) is -0.820. The van der Waals surface area contributed by atoms with Crippen LogP contribution in [0.4, 0.5) is 5.69 Å². The standard InChI is InChI=1S/C22H29N3O4/c1-22(2,29)13-24-12-14-5-7-15(8-6-14)18-4-3-9-25(18)21(28)16-10-17(23)20(27)11-19(16)26/h5-8,10-11,18,24,26-27,29H,3-4,9,12-13,23H2,1-2H3. The summed E-state index contributed by atoms with van der Waals surface area (Å²) in [6, 6.07) is 10.4. The van der Waals surface area contributed by atoms with Gasteiger partial charge in [-0.05, 0) is 43.9 Å². The van der Waals surface area contributed by atoms with Gasteiger partial charge in [0.2, 0.25) is 0 Å². The maximum atomic E-state index is 13.0. The van der Waals surface area contributed by atoms with Crippen LogP contribution in [0.15, 0.2) is 36.4 Å². The summed E-state index contributed by atoms with van der Waals surface area (Å²) in [7, 11) is 0. The number of amides is 1. The lowest BCUT2D eigenvalue weighted by Crippen LogP contribution is -2.34. The van der Waals surface area contributed by atoms with Crippen LogP contribution < -0.4 is 11.1 Å². The van der Waals surface area contributed by atoms with Crippen LogP contribution >= 0.6 is 0 Å². The number of nitrogens with zero attached hydrogens (tertiary/aromatic N) is 1. The van der Waals surface area contributed by atoms with E-state index in [1.807, 2.05) is 24.3 Å². The topological polar surface area (TPSA) is 119 Å². The predicted molar refractivity (Wildman–Crippen MR) is 112 cm³/mol. The van der Waals surface area contributed by atoms with Crippen LogP contribution in [0.25, 0.3) is 0 Å². The zero-order chi connectivity index (χ0) is 21.2. The Morgan fingerprint density at radius 3 is 2.55 bits per heavy atom. The number of nitrogens with one attached hydrogen (secondary N) is 1. The second-order valence-electron chi connectivity index (χ2n) is 8.24. The first-order valence-corrected chi connectivity index (χ1v) is 9.80. The van der Waals surface area contributed by atoms with Gasteiger partial charge < -0.3 is 31.3 Å². The highest BCUT2D eigenvalue weighted by molar-refractivity contribution is 5.98. The Hall–Kier alpha value is -2.77. The van der Waals surface area contributed by atoms with Crippen LogP contribution in [0.2, 0.25) is 0 Å². The zero-order valence-corrected chi connectivity index (χ0v) is 16.9. The van der Waals surface area contributed by atoms with Gasteiger partial charge in [0.15, 0.2) is 0 Å². The maximum absolute atomic E-state index is 13.0. The van der Waals surface area contributed by atoms with Crippen LogP contribution in [0.5, 0.6) is 11.5 Å². The van der Waals surface area contributed by atoms with Gasteiger partial charge in [0.1, 0.15) is 11.5 Å². The average Bonchev–Trinajstić information content (AvgIpc) is 3.13. The molecule has 1 unspecified atom stereocenters. The molecule has 0 spiro atoms. The van der Waals surface area contributed by atoms with Gasteiger partial charge >= 0.3 is 0 Å². The van der Waals surface area contributed by atoms with E-state index in [4.69, 9.17) is 5.73 Å². The number of hydrogen-bond acceptors (Lipinski definition) is 6. The summed E-state index contributed by atoms with van der Waals surface area (Å²) >= 11 is 0. The summed E-state index contributed by atoms with van der Waals surface area (Å²) in [5.41, 5.74) is 7.23. The van der Waals surface area contributed by atoms with E-state index in [1.165, 1.54) is 6.07 Å². The minimum Gasteiger partial charge on any atom is -0.507 e. The number of hydrogen-bond donors (Lipinski definition) is 5. The quantitative estimate of drug-likeness (QED) is 0.289. The highest BCUT2D eigenvalue weighted by Gasteiger charge is 2.32. The Bertz CT molecular complexity index is 875. The third kappa shape index (κ3) is 4.99. The molecular weight excluding hydrogens is 370 g/mol. The fraction of sp³-hybridized carbons (Fsp3) is 0.409. The first-order chi connectivity index (χ1) is 13.7. The van der Waals surface area contributed by atoms with Gasteiger partial charge in [0.25, 0.3) is 5.91 Å². The first-order valence-electron chi connectivity index (χ1n) is 9.80. The second-order valence-corrected chi connectivity index (χ2v) is 8.24. The summed E-state index contributed by atoms with van der Waals surface area (Å²) in [5, 5.41) is 32.7. The fourth-order valence-electron chi connectivity index (χ4n) is 3.65. The van der Waals surface area contributed by atoms with Crippen LogP contribution in [0, 0.1) is 0 Å². The number of carbonyl (C=O) groups is 1. The summed E-state index contributed by atoms with van der Waals surface area (Å²) in [6.45, 7) is 5.26. The minimum absolute atomic E-state index is 0.0600. The average molecular weight is 399 g/mol. The van der Waals surface area contributed by atoms with Crippen molar-refractivity contribution < 1.29 is 20.1 Å². The Morgan fingerprint density at radius 2 is 1.90 bits per heavy atom. The predicted octanol–water partition coefficient (Wildman–Crippen LogP) is 2.52. The van der Waals surface area contributed by atoms with Crippen molar-refractivity contribution in [3.05, 3.63) is 53.1 Å². The Kier molecular flexibility index (Phi) is 6.00. The molecule has 1 saturated heterocycles. The number of nitrogen functional groups attached to an aromatic ring is 1. The number of anilines is 1. The lowest BCUT2D eigenvalue weighted by molar-refractivity contribution is 0.0732. The fourth-order valence-corrected chi connectivity index (χ4v) is 3.65. The molecule has 1 atom stereocenters. The molecule has 7 nitrogen and oxygen atoms in total. The first kappa shape index (κ1) is 21.0. The molecule has 1 fully saturated rings. The molecule has 2 aromatic rings. The monoisotopic (exact) mass is 399 g/mol. The molecule has 156 valence electrons. The molecule has 2 aromatic carbocycles. The van der Waals surface area contributed by atoms with Crippen molar-refractivity contribution in [1.82, 2.24) is 10.2 Å². The van der Waals surface area contributed by atoms with Crippen molar-refractivity contribution in [3.63, 3.8) is 0 Å². The van der Waals surface area contributed by atoms with E-state index >= 15 is 0 Å². The van der Waals surface area contributed by atoms with Crippen LogP contribution in [0.1, 0.15) is 54.2 Å². The number of rotatable bonds is 6. The van der Waals surface area contributed by atoms with E-state index in [2.05, 4.69) is 5.32 Å². The van der Waals surface area contributed by atoms with Crippen molar-refractivity contribution in [2.75, 3.05) is 18.8 Å². The molecule has 6 N–H and O–H groups in total. The van der Waals surface area contributed by atoms with E-state index in [9.17, 15) is 20.1 Å². The van der Waals surface area contributed by atoms with Crippen molar-refractivity contribution in [3.8, 4) is 11.5 Å².